The van der Waals surface area contributed by atoms with Crippen molar-refractivity contribution >= 4 is 11.8 Å². The lowest BCUT2D eigenvalue weighted by molar-refractivity contribution is -0.137. The quantitative estimate of drug-likeness (QED) is 0.423. The van der Waals surface area contributed by atoms with Gasteiger partial charge in [-0.05, 0) is 48.2 Å². The predicted octanol–water partition coefficient (Wildman–Crippen LogP) is 6.25. The topological polar surface area (TPSA) is 78.4 Å². The first kappa shape index (κ1) is 28.7. The summed E-state index contributed by atoms with van der Waals surface area (Å²) in [7, 11) is 0. The number of aliphatic hydroxyl groups excluding tert-OH is 1. The number of carbonyl (C=O) groups is 2. The van der Waals surface area contributed by atoms with Gasteiger partial charge in [-0.3, -0.25) is 9.59 Å². The van der Waals surface area contributed by atoms with Gasteiger partial charge in [-0.25, -0.2) is 0 Å². The van der Waals surface area contributed by atoms with Gasteiger partial charge in [0.2, 0.25) is 5.91 Å². The van der Waals surface area contributed by atoms with E-state index in [0.29, 0.717) is 11.1 Å². The normalized spacial score (nSPS) is 17.2. The molecule has 0 spiro atoms. The molecule has 3 N–H and O–H groups in total. The number of carbonyl (C=O) groups excluding carboxylic acids is 2. The lowest BCUT2D eigenvalue weighted by Crippen LogP contribution is -2.51. The van der Waals surface area contributed by atoms with Gasteiger partial charge in [0, 0.05) is 11.6 Å². The maximum absolute atomic E-state index is 12.9. The van der Waals surface area contributed by atoms with Crippen molar-refractivity contribution in [2.24, 2.45) is 0 Å². The molecule has 37 heavy (non-hydrogen) atoms. The van der Waals surface area contributed by atoms with Gasteiger partial charge >= 0.3 is 6.18 Å². The van der Waals surface area contributed by atoms with Gasteiger partial charge in [-0.15, -0.1) is 0 Å². The van der Waals surface area contributed by atoms with Gasteiger partial charge in [0.25, 0.3) is 5.91 Å². The van der Waals surface area contributed by atoms with Gasteiger partial charge < -0.3 is 15.7 Å². The first-order chi connectivity index (χ1) is 17.8. The SMILES string of the molecule is O=C(NC(CO)C(=O)NC1CCCCCCCCCCC1)c1ccc(-c2ccc(C(F)(F)F)cc2)cc1. The van der Waals surface area contributed by atoms with E-state index in [1.807, 2.05) is 0 Å². The lowest BCUT2D eigenvalue weighted by atomic mass is 9.97. The highest BCUT2D eigenvalue weighted by atomic mass is 19.4. The Bertz CT molecular complexity index is 979. The number of amides is 2. The lowest BCUT2D eigenvalue weighted by Gasteiger charge is -2.23. The minimum Gasteiger partial charge on any atom is -0.394 e. The molecule has 2 aromatic carbocycles. The predicted molar refractivity (Wildman–Crippen MR) is 138 cm³/mol. The number of hydrogen-bond acceptors (Lipinski definition) is 3. The zero-order valence-electron chi connectivity index (χ0n) is 21.2. The van der Waals surface area contributed by atoms with E-state index in [1.165, 1.54) is 44.2 Å². The summed E-state index contributed by atoms with van der Waals surface area (Å²) in [6.07, 6.45) is 8.04. The molecular weight excluding hydrogens is 481 g/mol. The number of alkyl halides is 3. The molecule has 2 amide bonds. The summed E-state index contributed by atoms with van der Waals surface area (Å²) in [6.45, 7) is -0.520. The fourth-order valence-electron chi connectivity index (χ4n) is 4.71. The molecule has 1 aliphatic carbocycles. The second-order valence-corrected chi connectivity index (χ2v) is 9.83. The molecule has 1 fully saturated rings. The first-order valence-corrected chi connectivity index (χ1v) is 13.3. The Labute approximate surface area is 216 Å². The van der Waals surface area contributed by atoms with Crippen LogP contribution in [0.1, 0.15) is 86.6 Å². The van der Waals surface area contributed by atoms with Gasteiger partial charge in [0.05, 0.1) is 12.2 Å². The molecule has 0 heterocycles. The molecule has 1 aliphatic rings. The van der Waals surface area contributed by atoms with Gasteiger partial charge in [-0.2, -0.15) is 13.2 Å². The molecule has 8 heteroatoms. The molecule has 1 saturated carbocycles. The Kier molecular flexibility index (Phi) is 11.0. The second kappa shape index (κ2) is 14.2. The van der Waals surface area contributed by atoms with Crippen molar-refractivity contribution in [3.63, 3.8) is 0 Å². The fraction of sp³-hybridized carbons (Fsp3) is 0.517. The van der Waals surface area contributed by atoms with Crippen molar-refractivity contribution in [2.45, 2.75) is 88.9 Å². The Balaban J connectivity index is 1.57. The van der Waals surface area contributed by atoms with Crippen LogP contribution in [0.25, 0.3) is 11.1 Å². The van der Waals surface area contributed by atoms with E-state index in [1.54, 1.807) is 24.3 Å². The van der Waals surface area contributed by atoms with Crippen LogP contribution >= 0.6 is 0 Å². The van der Waals surface area contributed by atoms with Gasteiger partial charge in [0.1, 0.15) is 6.04 Å². The zero-order chi connectivity index (χ0) is 26.7. The van der Waals surface area contributed by atoms with Crippen molar-refractivity contribution in [3.05, 3.63) is 59.7 Å². The molecule has 0 bridgehead atoms. The molecule has 2 aromatic rings. The van der Waals surface area contributed by atoms with Crippen molar-refractivity contribution < 1.29 is 27.9 Å². The monoisotopic (exact) mass is 518 g/mol. The van der Waals surface area contributed by atoms with Crippen LogP contribution in [0.15, 0.2) is 48.5 Å². The summed E-state index contributed by atoms with van der Waals surface area (Å²) in [4.78, 5) is 25.6. The maximum atomic E-state index is 12.9. The summed E-state index contributed by atoms with van der Waals surface area (Å²) in [6, 6.07) is 10.1. The van der Waals surface area contributed by atoms with E-state index in [4.69, 9.17) is 0 Å². The molecule has 0 saturated heterocycles. The van der Waals surface area contributed by atoms with Gasteiger partial charge in [0.15, 0.2) is 0 Å². The van der Waals surface area contributed by atoms with Crippen molar-refractivity contribution in [3.8, 4) is 11.1 Å². The average molecular weight is 519 g/mol. The Morgan fingerprint density at radius 2 is 1.24 bits per heavy atom. The minimum absolute atomic E-state index is 0.0286. The summed E-state index contributed by atoms with van der Waals surface area (Å²) in [5, 5.41) is 15.4. The number of nitrogens with one attached hydrogen (secondary N) is 2. The molecule has 202 valence electrons. The van der Waals surface area contributed by atoms with E-state index in [0.717, 1.165) is 50.7 Å². The first-order valence-electron chi connectivity index (χ1n) is 13.3. The largest absolute Gasteiger partial charge is 0.416 e. The third-order valence-corrected chi connectivity index (χ3v) is 6.95. The molecule has 5 nitrogen and oxygen atoms in total. The highest BCUT2D eigenvalue weighted by Crippen LogP contribution is 2.31. The Morgan fingerprint density at radius 1 is 0.784 bits per heavy atom. The third-order valence-electron chi connectivity index (χ3n) is 6.95. The van der Waals surface area contributed by atoms with E-state index in [-0.39, 0.29) is 11.6 Å². The van der Waals surface area contributed by atoms with E-state index < -0.39 is 36.2 Å². The van der Waals surface area contributed by atoms with Crippen LogP contribution in [0.4, 0.5) is 13.2 Å². The van der Waals surface area contributed by atoms with Crippen LogP contribution in [0.2, 0.25) is 0 Å². The number of benzene rings is 2. The zero-order valence-corrected chi connectivity index (χ0v) is 21.2. The van der Waals surface area contributed by atoms with E-state index in [9.17, 15) is 27.9 Å². The van der Waals surface area contributed by atoms with Crippen LogP contribution in [-0.4, -0.2) is 35.6 Å². The summed E-state index contributed by atoms with van der Waals surface area (Å²) < 4.78 is 38.4. The number of halogens is 3. The summed E-state index contributed by atoms with van der Waals surface area (Å²) in [5.41, 5.74) is 0.804. The van der Waals surface area contributed by atoms with E-state index in [2.05, 4.69) is 10.6 Å². The second-order valence-electron chi connectivity index (χ2n) is 9.83. The smallest absolute Gasteiger partial charge is 0.394 e. The standard InChI is InChI=1S/C29H37F3N2O3/c30-29(31,32)24-18-16-22(17-19-24)21-12-14-23(15-13-21)27(36)34-26(20-35)28(37)33-25-10-8-6-4-2-1-3-5-7-9-11-25/h12-19,25-26,35H,1-11,20H2,(H,33,37)(H,34,36). The minimum atomic E-state index is -4.40. The molecule has 3 rings (SSSR count). The van der Waals surface area contributed by atoms with Crippen LogP contribution in [0.3, 0.4) is 0 Å². The highest BCUT2D eigenvalue weighted by molar-refractivity contribution is 5.98. The van der Waals surface area contributed by atoms with Crippen LogP contribution < -0.4 is 10.6 Å². The number of hydrogen-bond donors (Lipinski definition) is 3. The van der Waals surface area contributed by atoms with E-state index >= 15 is 0 Å². The highest BCUT2D eigenvalue weighted by Gasteiger charge is 2.30. The molecule has 1 unspecified atom stereocenters. The number of aliphatic hydroxyl groups is 1. The van der Waals surface area contributed by atoms with Crippen molar-refractivity contribution in [2.75, 3.05) is 6.61 Å². The molecule has 0 aromatic heterocycles. The average Bonchev–Trinajstić information content (AvgIpc) is 2.88. The fourth-order valence-corrected chi connectivity index (χ4v) is 4.71. The molecular formula is C29H37F3N2O3. The Hall–Kier alpha value is -2.87. The van der Waals surface area contributed by atoms with Crippen LogP contribution in [0.5, 0.6) is 0 Å². The van der Waals surface area contributed by atoms with Crippen LogP contribution in [0, 0.1) is 0 Å². The summed E-state index contributed by atoms with van der Waals surface area (Å²) >= 11 is 0. The summed E-state index contributed by atoms with van der Waals surface area (Å²) in [5.74, 6) is -0.902. The van der Waals surface area contributed by atoms with Gasteiger partial charge in [-0.1, -0.05) is 82.1 Å². The third kappa shape index (κ3) is 9.18. The molecule has 1 atom stereocenters. The molecule has 0 aliphatic heterocycles. The van der Waals surface area contributed by atoms with Crippen molar-refractivity contribution in [1.29, 1.82) is 0 Å². The number of rotatable bonds is 6. The maximum Gasteiger partial charge on any atom is 0.416 e. The Morgan fingerprint density at radius 3 is 1.70 bits per heavy atom. The van der Waals surface area contributed by atoms with Crippen molar-refractivity contribution in [1.82, 2.24) is 10.6 Å². The molecule has 0 radical (unpaired) electrons. The van der Waals surface area contributed by atoms with Crippen LogP contribution in [-0.2, 0) is 11.0 Å².